The number of piperazine rings is 1. The van der Waals surface area contributed by atoms with Gasteiger partial charge in [0.15, 0.2) is 11.5 Å². The first-order chi connectivity index (χ1) is 16.2. The molecule has 0 aliphatic carbocycles. The van der Waals surface area contributed by atoms with Gasteiger partial charge in [0.1, 0.15) is 0 Å². The second-order valence-electron chi connectivity index (χ2n) is 10.6. The Kier molecular flexibility index (Phi) is 5.50. The number of hydrogen-bond donors (Lipinski definition) is 0. The van der Waals surface area contributed by atoms with Gasteiger partial charge in [-0.1, -0.05) is 56.7 Å². The fourth-order valence-electron chi connectivity index (χ4n) is 4.81. The second-order valence-corrected chi connectivity index (χ2v) is 10.6. The molecule has 1 atom stereocenters. The van der Waals surface area contributed by atoms with Crippen LogP contribution in [0.4, 0.5) is 5.95 Å². The molecule has 176 valence electrons. The molecule has 1 unspecified atom stereocenters. The third kappa shape index (κ3) is 4.11. The van der Waals surface area contributed by atoms with Crippen LogP contribution in [0.5, 0.6) is 0 Å². The predicted molar refractivity (Wildman–Crippen MR) is 136 cm³/mol. The number of para-hydroxylation sites is 1. The summed E-state index contributed by atoms with van der Waals surface area (Å²) < 4.78 is 2.08. The van der Waals surface area contributed by atoms with E-state index in [1.165, 1.54) is 5.56 Å². The van der Waals surface area contributed by atoms with Gasteiger partial charge in [-0.05, 0) is 37.5 Å². The number of aromatic nitrogens is 4. The molecule has 34 heavy (non-hydrogen) atoms. The van der Waals surface area contributed by atoms with Crippen LogP contribution in [0, 0.1) is 12.3 Å². The van der Waals surface area contributed by atoms with Crippen LogP contribution in [-0.4, -0.2) is 56.1 Å². The van der Waals surface area contributed by atoms with Crippen LogP contribution in [0.1, 0.15) is 39.7 Å². The molecule has 0 radical (unpaired) electrons. The van der Waals surface area contributed by atoms with E-state index in [4.69, 9.17) is 4.98 Å². The minimum Gasteiger partial charge on any atom is -0.338 e. The van der Waals surface area contributed by atoms with Crippen molar-refractivity contribution in [3.8, 4) is 11.4 Å². The summed E-state index contributed by atoms with van der Waals surface area (Å²) in [5, 5.41) is 10.2. The van der Waals surface area contributed by atoms with Gasteiger partial charge in [-0.15, -0.1) is 10.2 Å². The molecular weight excluding hydrogens is 424 g/mol. The highest BCUT2D eigenvalue weighted by atomic mass is 16.2. The van der Waals surface area contributed by atoms with Gasteiger partial charge in [0.05, 0.1) is 5.52 Å². The number of hydrogen-bond acceptors (Lipinski definition) is 5. The van der Waals surface area contributed by atoms with Gasteiger partial charge < -0.3 is 9.80 Å². The molecular formula is C27H32N6O. The Bertz CT molecular complexity index is 1370. The van der Waals surface area contributed by atoms with Crippen molar-refractivity contribution in [2.45, 2.75) is 47.1 Å². The first-order valence-electron chi connectivity index (χ1n) is 12.0. The van der Waals surface area contributed by atoms with Crippen molar-refractivity contribution >= 4 is 28.4 Å². The monoisotopic (exact) mass is 456 g/mol. The summed E-state index contributed by atoms with van der Waals surface area (Å²) in [5.74, 6) is 1.83. The van der Waals surface area contributed by atoms with Crippen molar-refractivity contribution in [1.29, 1.82) is 0 Å². The maximum absolute atomic E-state index is 13.0. The Labute approximate surface area is 200 Å². The Balaban J connectivity index is 1.58. The molecule has 2 aromatic heterocycles. The SMILES string of the molecule is Cc1cccc(-c2nnc3c4ccccc4nc(N4CCN(C(=O)CC(C)(C)C)C(C)C4)n23)c1. The van der Waals surface area contributed by atoms with Gasteiger partial charge in [0.2, 0.25) is 11.9 Å². The molecule has 0 spiro atoms. The summed E-state index contributed by atoms with van der Waals surface area (Å²) in [6, 6.07) is 16.5. The highest BCUT2D eigenvalue weighted by Gasteiger charge is 2.31. The van der Waals surface area contributed by atoms with E-state index < -0.39 is 0 Å². The molecule has 1 saturated heterocycles. The smallest absolute Gasteiger partial charge is 0.223 e. The zero-order valence-corrected chi connectivity index (χ0v) is 20.6. The van der Waals surface area contributed by atoms with E-state index >= 15 is 0 Å². The predicted octanol–water partition coefficient (Wildman–Crippen LogP) is 4.73. The molecule has 7 heteroatoms. The van der Waals surface area contributed by atoms with Crippen LogP contribution in [0.2, 0.25) is 0 Å². The van der Waals surface area contributed by atoms with Crippen molar-refractivity contribution in [2.24, 2.45) is 5.41 Å². The molecule has 0 N–H and O–H groups in total. The van der Waals surface area contributed by atoms with Gasteiger partial charge >= 0.3 is 0 Å². The van der Waals surface area contributed by atoms with E-state index in [0.717, 1.165) is 33.9 Å². The molecule has 2 aromatic carbocycles. The van der Waals surface area contributed by atoms with Crippen LogP contribution in [0.3, 0.4) is 0 Å². The average Bonchev–Trinajstić information content (AvgIpc) is 3.23. The molecule has 3 heterocycles. The van der Waals surface area contributed by atoms with Crippen LogP contribution >= 0.6 is 0 Å². The molecule has 0 bridgehead atoms. The molecule has 5 rings (SSSR count). The fraction of sp³-hybridized carbons (Fsp3) is 0.407. The number of amides is 1. The zero-order chi connectivity index (χ0) is 24.0. The molecule has 4 aromatic rings. The second kappa shape index (κ2) is 8.38. The Hall–Kier alpha value is -3.48. The van der Waals surface area contributed by atoms with Crippen molar-refractivity contribution in [3.05, 3.63) is 54.1 Å². The zero-order valence-electron chi connectivity index (χ0n) is 20.6. The molecule has 7 nitrogen and oxygen atoms in total. The minimum atomic E-state index is -0.0226. The number of rotatable bonds is 3. The van der Waals surface area contributed by atoms with Gasteiger partial charge in [0.25, 0.3) is 0 Å². The topological polar surface area (TPSA) is 66.6 Å². The van der Waals surface area contributed by atoms with Gasteiger partial charge in [-0.2, -0.15) is 0 Å². The van der Waals surface area contributed by atoms with Gasteiger partial charge in [0, 0.05) is 43.0 Å². The third-order valence-electron chi connectivity index (χ3n) is 6.42. The van der Waals surface area contributed by atoms with Crippen LogP contribution in [-0.2, 0) is 4.79 Å². The lowest BCUT2D eigenvalue weighted by molar-refractivity contribution is -0.135. The van der Waals surface area contributed by atoms with Crippen LogP contribution in [0.25, 0.3) is 27.9 Å². The van der Waals surface area contributed by atoms with E-state index in [1.54, 1.807) is 0 Å². The first kappa shape index (κ1) is 22.3. The molecule has 1 fully saturated rings. The van der Waals surface area contributed by atoms with Crippen molar-refractivity contribution < 1.29 is 4.79 Å². The number of nitrogens with zero attached hydrogens (tertiary/aromatic N) is 6. The van der Waals surface area contributed by atoms with Crippen molar-refractivity contribution in [2.75, 3.05) is 24.5 Å². The first-order valence-corrected chi connectivity index (χ1v) is 12.0. The quantitative estimate of drug-likeness (QED) is 0.446. The van der Waals surface area contributed by atoms with Crippen molar-refractivity contribution in [3.63, 3.8) is 0 Å². The van der Waals surface area contributed by atoms with E-state index in [-0.39, 0.29) is 17.4 Å². The summed E-state index contributed by atoms with van der Waals surface area (Å²) >= 11 is 0. The number of anilines is 1. The van der Waals surface area contributed by atoms with Gasteiger partial charge in [-0.3, -0.25) is 4.79 Å². The Morgan fingerprint density at radius 1 is 1.06 bits per heavy atom. The van der Waals surface area contributed by atoms with Crippen LogP contribution in [0.15, 0.2) is 48.5 Å². The lowest BCUT2D eigenvalue weighted by Crippen LogP contribution is -2.55. The Morgan fingerprint density at radius 3 is 2.59 bits per heavy atom. The highest BCUT2D eigenvalue weighted by molar-refractivity contribution is 5.93. The van der Waals surface area contributed by atoms with Crippen LogP contribution < -0.4 is 4.90 Å². The number of carbonyl (C=O) groups excluding carboxylic acids is 1. The lowest BCUT2D eigenvalue weighted by Gasteiger charge is -2.41. The van der Waals surface area contributed by atoms with Crippen molar-refractivity contribution in [1.82, 2.24) is 24.5 Å². The minimum absolute atomic E-state index is 0.0226. The van der Waals surface area contributed by atoms with E-state index in [0.29, 0.717) is 26.1 Å². The number of aryl methyl sites for hydroxylation is 1. The summed E-state index contributed by atoms with van der Waals surface area (Å²) in [4.78, 5) is 22.3. The van der Waals surface area contributed by atoms with E-state index in [1.807, 2.05) is 35.2 Å². The van der Waals surface area contributed by atoms with Gasteiger partial charge in [-0.25, -0.2) is 9.38 Å². The van der Waals surface area contributed by atoms with E-state index in [9.17, 15) is 4.79 Å². The maximum atomic E-state index is 13.0. The summed E-state index contributed by atoms with van der Waals surface area (Å²) in [6.07, 6.45) is 0.554. The molecule has 1 aliphatic heterocycles. The third-order valence-corrected chi connectivity index (χ3v) is 6.42. The average molecular weight is 457 g/mol. The number of fused-ring (bicyclic) bond motifs is 3. The normalized spacial score (nSPS) is 17.0. The summed E-state index contributed by atoms with van der Waals surface area (Å²) in [5.41, 5.74) is 3.86. The molecule has 1 amide bonds. The number of benzene rings is 2. The largest absolute Gasteiger partial charge is 0.338 e. The highest BCUT2D eigenvalue weighted by Crippen LogP contribution is 2.30. The standard InChI is InChI=1S/C27H32N6O/c1-18-9-8-10-20(15-18)24-29-30-25-21-11-6-7-12-22(21)28-26(33(24)25)31-13-14-32(19(2)17-31)23(34)16-27(3,4)5/h6-12,15,19H,13-14,16-17H2,1-5H3. The summed E-state index contributed by atoms with van der Waals surface area (Å²) in [7, 11) is 0. The Morgan fingerprint density at radius 2 is 1.85 bits per heavy atom. The van der Waals surface area contributed by atoms with E-state index in [2.05, 4.69) is 72.3 Å². The molecule has 1 aliphatic rings. The number of carbonyl (C=O) groups is 1. The maximum Gasteiger partial charge on any atom is 0.223 e. The fourth-order valence-corrected chi connectivity index (χ4v) is 4.81. The molecule has 0 saturated carbocycles. The summed E-state index contributed by atoms with van der Waals surface area (Å²) in [6.45, 7) is 12.6. The lowest BCUT2D eigenvalue weighted by atomic mass is 9.91.